The summed E-state index contributed by atoms with van der Waals surface area (Å²) in [6.45, 7) is 0. The molecule has 1 N–H and O–H groups in total. The minimum atomic E-state index is -0.604. The third-order valence-corrected chi connectivity index (χ3v) is 3.63. The summed E-state index contributed by atoms with van der Waals surface area (Å²) < 4.78 is 5.69. The molecule has 0 radical (unpaired) electrons. The monoisotopic (exact) mass is 339 g/mol. The van der Waals surface area contributed by atoms with Crippen LogP contribution >= 0.6 is 0 Å². The summed E-state index contributed by atoms with van der Waals surface area (Å²) >= 11 is 0. The van der Waals surface area contributed by atoms with Crippen molar-refractivity contribution in [1.29, 1.82) is 10.5 Å². The molecule has 0 atom stereocenters. The topological polar surface area (TPSA) is 89.8 Å². The van der Waals surface area contributed by atoms with Crippen LogP contribution < -0.4 is 5.32 Å². The van der Waals surface area contributed by atoms with Gasteiger partial charge in [0.25, 0.3) is 5.91 Å². The van der Waals surface area contributed by atoms with E-state index in [2.05, 4.69) is 5.32 Å². The summed E-state index contributed by atoms with van der Waals surface area (Å²) in [6, 6.07) is 23.4. The second kappa shape index (κ2) is 7.65. The van der Waals surface area contributed by atoms with Crippen molar-refractivity contribution in [2.75, 3.05) is 5.32 Å². The van der Waals surface area contributed by atoms with Gasteiger partial charge >= 0.3 is 0 Å². The molecule has 0 aliphatic rings. The number of rotatable bonds is 4. The number of hydrogen-bond acceptors (Lipinski definition) is 4. The van der Waals surface area contributed by atoms with E-state index in [0.717, 1.165) is 5.56 Å². The molecule has 1 aromatic heterocycles. The third kappa shape index (κ3) is 3.69. The highest BCUT2D eigenvalue weighted by Gasteiger charge is 2.13. The Hall–Kier alpha value is -4.09. The largest absolute Gasteiger partial charge is 0.457 e. The van der Waals surface area contributed by atoms with Gasteiger partial charge in [0.2, 0.25) is 0 Å². The molecule has 5 heteroatoms. The van der Waals surface area contributed by atoms with Crippen molar-refractivity contribution >= 4 is 17.7 Å². The van der Waals surface area contributed by atoms with Crippen molar-refractivity contribution < 1.29 is 9.21 Å². The Morgan fingerprint density at radius 3 is 2.42 bits per heavy atom. The quantitative estimate of drug-likeness (QED) is 0.565. The number of para-hydroxylation sites is 1. The SMILES string of the molecule is N#C/C(=C\c1ccc(-c2ccccc2)o1)C(=O)Nc1ccccc1C#N. The van der Waals surface area contributed by atoms with Crippen molar-refractivity contribution in [3.05, 3.63) is 83.6 Å². The van der Waals surface area contributed by atoms with Gasteiger partial charge in [-0.2, -0.15) is 10.5 Å². The van der Waals surface area contributed by atoms with Gasteiger partial charge in [0, 0.05) is 11.6 Å². The molecule has 0 aliphatic carbocycles. The summed E-state index contributed by atoms with van der Waals surface area (Å²) in [7, 11) is 0. The van der Waals surface area contributed by atoms with Crippen LogP contribution in [0.3, 0.4) is 0 Å². The molecule has 0 saturated carbocycles. The first-order valence-corrected chi connectivity index (χ1v) is 7.79. The standard InChI is InChI=1S/C21H13N3O2/c22-13-16-8-4-5-9-19(16)24-21(25)17(14-23)12-18-10-11-20(26-18)15-6-2-1-3-7-15/h1-12H,(H,24,25)/b17-12+. The molecule has 1 heterocycles. The number of anilines is 1. The Morgan fingerprint density at radius 2 is 1.69 bits per heavy atom. The zero-order chi connectivity index (χ0) is 18.4. The maximum atomic E-state index is 12.3. The molecule has 5 nitrogen and oxygen atoms in total. The van der Waals surface area contributed by atoms with Crippen LogP contribution in [0.4, 0.5) is 5.69 Å². The smallest absolute Gasteiger partial charge is 0.266 e. The number of nitriles is 2. The highest BCUT2D eigenvalue weighted by molar-refractivity contribution is 6.10. The number of hydrogen-bond donors (Lipinski definition) is 1. The van der Waals surface area contributed by atoms with E-state index in [4.69, 9.17) is 9.68 Å². The molecule has 0 fully saturated rings. The molecule has 0 unspecified atom stereocenters. The van der Waals surface area contributed by atoms with Crippen molar-refractivity contribution in [2.45, 2.75) is 0 Å². The predicted octanol–water partition coefficient (Wildman–Crippen LogP) is 4.36. The van der Waals surface area contributed by atoms with Crippen LogP contribution in [0, 0.1) is 22.7 Å². The van der Waals surface area contributed by atoms with E-state index < -0.39 is 5.91 Å². The first-order chi connectivity index (χ1) is 12.7. The molecular formula is C21H13N3O2. The third-order valence-electron chi connectivity index (χ3n) is 3.63. The molecule has 3 rings (SSSR count). The summed E-state index contributed by atoms with van der Waals surface area (Å²) in [4.78, 5) is 12.3. The van der Waals surface area contributed by atoms with E-state index in [-0.39, 0.29) is 5.57 Å². The van der Waals surface area contributed by atoms with Gasteiger partial charge in [0.15, 0.2) is 0 Å². The highest BCUT2D eigenvalue weighted by atomic mass is 16.3. The van der Waals surface area contributed by atoms with Crippen molar-refractivity contribution in [3.63, 3.8) is 0 Å². The van der Waals surface area contributed by atoms with E-state index in [1.165, 1.54) is 6.08 Å². The molecule has 3 aromatic rings. The number of carbonyl (C=O) groups is 1. The first kappa shape index (κ1) is 16.8. The van der Waals surface area contributed by atoms with Gasteiger partial charge < -0.3 is 9.73 Å². The Labute approximate surface area is 150 Å². The van der Waals surface area contributed by atoms with E-state index in [9.17, 15) is 10.1 Å². The number of carbonyl (C=O) groups excluding carboxylic acids is 1. The average molecular weight is 339 g/mol. The number of nitrogens with one attached hydrogen (secondary N) is 1. The zero-order valence-electron chi connectivity index (χ0n) is 13.6. The number of nitrogens with zero attached hydrogens (tertiary/aromatic N) is 2. The van der Waals surface area contributed by atoms with E-state index in [1.54, 1.807) is 36.4 Å². The first-order valence-electron chi connectivity index (χ1n) is 7.79. The number of furan rings is 1. The maximum absolute atomic E-state index is 12.3. The molecule has 2 aromatic carbocycles. The van der Waals surface area contributed by atoms with Crippen molar-refractivity contribution in [2.24, 2.45) is 0 Å². The number of benzene rings is 2. The van der Waals surface area contributed by atoms with Crippen LogP contribution in [0.2, 0.25) is 0 Å². The average Bonchev–Trinajstić information content (AvgIpc) is 3.16. The van der Waals surface area contributed by atoms with Crippen LogP contribution in [0.25, 0.3) is 17.4 Å². The predicted molar refractivity (Wildman–Crippen MR) is 97.5 cm³/mol. The molecule has 0 bridgehead atoms. The van der Waals surface area contributed by atoms with Gasteiger partial charge in [-0.25, -0.2) is 0 Å². The van der Waals surface area contributed by atoms with Crippen LogP contribution in [0.1, 0.15) is 11.3 Å². The highest BCUT2D eigenvalue weighted by Crippen LogP contribution is 2.23. The molecule has 0 saturated heterocycles. The Kier molecular flexibility index (Phi) is 4.93. The minimum absolute atomic E-state index is 0.119. The lowest BCUT2D eigenvalue weighted by atomic mass is 10.1. The fourth-order valence-corrected chi connectivity index (χ4v) is 2.36. The second-order valence-corrected chi connectivity index (χ2v) is 5.35. The van der Waals surface area contributed by atoms with E-state index in [1.807, 2.05) is 42.5 Å². The fourth-order valence-electron chi connectivity index (χ4n) is 2.36. The molecule has 0 spiro atoms. The lowest BCUT2D eigenvalue weighted by Gasteiger charge is -2.05. The van der Waals surface area contributed by atoms with E-state index in [0.29, 0.717) is 22.8 Å². The molecular weight excluding hydrogens is 326 g/mol. The molecule has 124 valence electrons. The maximum Gasteiger partial charge on any atom is 0.266 e. The molecule has 26 heavy (non-hydrogen) atoms. The zero-order valence-corrected chi connectivity index (χ0v) is 13.6. The van der Waals surface area contributed by atoms with Crippen LogP contribution in [0.15, 0.2) is 76.7 Å². The number of amides is 1. The van der Waals surface area contributed by atoms with Crippen molar-refractivity contribution in [1.82, 2.24) is 0 Å². The Balaban J connectivity index is 1.83. The van der Waals surface area contributed by atoms with Crippen LogP contribution in [-0.2, 0) is 4.79 Å². The van der Waals surface area contributed by atoms with Gasteiger partial charge in [-0.1, -0.05) is 42.5 Å². The van der Waals surface area contributed by atoms with Gasteiger partial charge in [-0.15, -0.1) is 0 Å². The summed E-state index contributed by atoms with van der Waals surface area (Å²) in [6.07, 6.45) is 1.37. The Morgan fingerprint density at radius 1 is 0.962 bits per heavy atom. The summed E-state index contributed by atoms with van der Waals surface area (Å²) in [5.41, 5.74) is 1.46. The minimum Gasteiger partial charge on any atom is -0.457 e. The lowest BCUT2D eigenvalue weighted by Crippen LogP contribution is -2.14. The van der Waals surface area contributed by atoms with Gasteiger partial charge in [0.05, 0.1) is 11.3 Å². The van der Waals surface area contributed by atoms with E-state index >= 15 is 0 Å². The van der Waals surface area contributed by atoms with Gasteiger partial charge in [-0.05, 0) is 24.3 Å². The molecule has 0 aliphatic heterocycles. The van der Waals surface area contributed by atoms with Crippen LogP contribution in [-0.4, -0.2) is 5.91 Å². The second-order valence-electron chi connectivity index (χ2n) is 5.35. The normalized spacial score (nSPS) is 10.6. The lowest BCUT2D eigenvalue weighted by molar-refractivity contribution is -0.112. The molecule has 1 amide bonds. The Bertz CT molecular complexity index is 1050. The summed E-state index contributed by atoms with van der Waals surface area (Å²) in [5.74, 6) is 0.432. The van der Waals surface area contributed by atoms with Gasteiger partial charge in [0.1, 0.15) is 29.2 Å². The fraction of sp³-hybridized carbons (Fsp3) is 0. The van der Waals surface area contributed by atoms with Crippen LogP contribution in [0.5, 0.6) is 0 Å². The van der Waals surface area contributed by atoms with Crippen molar-refractivity contribution in [3.8, 4) is 23.5 Å². The summed E-state index contributed by atoms with van der Waals surface area (Å²) in [5, 5.41) is 21.0. The van der Waals surface area contributed by atoms with Gasteiger partial charge in [-0.3, -0.25) is 4.79 Å².